The summed E-state index contributed by atoms with van der Waals surface area (Å²) in [5.41, 5.74) is 0.679. The Hall–Kier alpha value is -1.26. The van der Waals surface area contributed by atoms with Crippen molar-refractivity contribution in [3.63, 3.8) is 0 Å². The van der Waals surface area contributed by atoms with Crippen LogP contribution in [0, 0.1) is 5.92 Å². The van der Waals surface area contributed by atoms with E-state index in [-0.39, 0.29) is 0 Å². The van der Waals surface area contributed by atoms with Gasteiger partial charge in [0.1, 0.15) is 5.92 Å². The van der Waals surface area contributed by atoms with Gasteiger partial charge in [-0.3, -0.25) is 4.79 Å². The van der Waals surface area contributed by atoms with Crippen LogP contribution in [0.15, 0.2) is 41.8 Å². The Kier molecular flexibility index (Phi) is 5.25. The van der Waals surface area contributed by atoms with Crippen molar-refractivity contribution < 1.29 is 14.6 Å². The predicted molar refractivity (Wildman–Crippen MR) is 68.9 cm³/mol. The summed E-state index contributed by atoms with van der Waals surface area (Å²) in [6.07, 6.45) is 2.46. The lowest BCUT2D eigenvalue weighted by molar-refractivity contribution is -0.147. The molecule has 0 aliphatic rings. The van der Waals surface area contributed by atoms with Crippen molar-refractivity contribution in [3.05, 3.63) is 42.5 Å². The molecule has 0 aliphatic heterocycles. The number of methoxy groups -OCH3 is 1. The van der Waals surface area contributed by atoms with Gasteiger partial charge in [-0.05, 0) is 24.0 Å². The third kappa shape index (κ3) is 3.35. The van der Waals surface area contributed by atoms with Crippen molar-refractivity contribution in [1.82, 2.24) is 0 Å². The Morgan fingerprint density at radius 3 is 2.47 bits per heavy atom. The Morgan fingerprint density at radius 2 is 2.06 bits per heavy atom. The number of benzene rings is 1. The van der Waals surface area contributed by atoms with Crippen molar-refractivity contribution in [2.24, 2.45) is 5.92 Å². The molecule has 0 spiro atoms. The zero-order valence-electron chi connectivity index (χ0n) is 9.92. The standard InChI is InChI=1S/C13H16O3S/c1-4-11(13(15)16-2)12(14)9-5-7-10(17-3)8-6-9/h4-8,11-12,14H,1H2,2-3H3/t11-,12-/m1/s1. The van der Waals surface area contributed by atoms with E-state index in [1.807, 2.05) is 18.4 Å². The van der Waals surface area contributed by atoms with Crippen molar-refractivity contribution >= 4 is 17.7 Å². The number of ether oxygens (including phenoxy) is 1. The lowest BCUT2D eigenvalue weighted by atomic mass is 9.96. The van der Waals surface area contributed by atoms with E-state index in [1.54, 1.807) is 23.9 Å². The fourth-order valence-electron chi connectivity index (χ4n) is 1.50. The molecule has 1 aromatic carbocycles. The molecule has 1 N–H and O–H groups in total. The van der Waals surface area contributed by atoms with Crippen molar-refractivity contribution in [2.45, 2.75) is 11.0 Å². The average molecular weight is 252 g/mol. The molecule has 0 aromatic heterocycles. The first-order valence-electron chi connectivity index (χ1n) is 5.16. The molecule has 0 aliphatic carbocycles. The molecule has 3 nitrogen and oxygen atoms in total. The Morgan fingerprint density at radius 1 is 1.47 bits per heavy atom. The van der Waals surface area contributed by atoms with E-state index in [1.165, 1.54) is 13.2 Å². The van der Waals surface area contributed by atoms with E-state index in [0.717, 1.165) is 4.90 Å². The molecule has 92 valence electrons. The second-order valence-electron chi connectivity index (χ2n) is 3.50. The van der Waals surface area contributed by atoms with Gasteiger partial charge in [0.25, 0.3) is 0 Å². The molecule has 0 unspecified atom stereocenters. The van der Waals surface area contributed by atoms with Gasteiger partial charge in [0.05, 0.1) is 13.2 Å². The molecule has 0 saturated heterocycles. The zero-order chi connectivity index (χ0) is 12.8. The van der Waals surface area contributed by atoms with Crippen LogP contribution in [0.5, 0.6) is 0 Å². The molecule has 0 amide bonds. The van der Waals surface area contributed by atoms with Crippen LogP contribution in [0.25, 0.3) is 0 Å². The summed E-state index contributed by atoms with van der Waals surface area (Å²) in [5.74, 6) is -1.22. The van der Waals surface area contributed by atoms with Gasteiger partial charge in [-0.1, -0.05) is 18.2 Å². The Bertz CT molecular complexity index is 386. The molecule has 0 heterocycles. The topological polar surface area (TPSA) is 46.5 Å². The summed E-state index contributed by atoms with van der Waals surface area (Å²) < 4.78 is 4.62. The van der Waals surface area contributed by atoms with Crippen molar-refractivity contribution in [2.75, 3.05) is 13.4 Å². The molecular formula is C13H16O3S. The van der Waals surface area contributed by atoms with Crippen LogP contribution in [-0.2, 0) is 9.53 Å². The van der Waals surface area contributed by atoms with Gasteiger partial charge in [-0.2, -0.15) is 0 Å². The quantitative estimate of drug-likeness (QED) is 0.496. The van der Waals surface area contributed by atoms with E-state index in [2.05, 4.69) is 11.3 Å². The van der Waals surface area contributed by atoms with Crippen LogP contribution in [0.1, 0.15) is 11.7 Å². The lowest BCUT2D eigenvalue weighted by Gasteiger charge is -2.17. The van der Waals surface area contributed by atoms with Gasteiger partial charge < -0.3 is 9.84 Å². The molecule has 2 atom stereocenters. The number of carbonyl (C=O) groups excluding carboxylic acids is 1. The molecule has 1 aromatic rings. The summed E-state index contributed by atoms with van der Waals surface area (Å²) >= 11 is 1.62. The number of aliphatic hydroxyl groups excluding tert-OH is 1. The van der Waals surface area contributed by atoms with Crippen LogP contribution >= 0.6 is 11.8 Å². The van der Waals surface area contributed by atoms with Crippen LogP contribution in [0.3, 0.4) is 0 Å². The van der Waals surface area contributed by atoms with E-state index in [9.17, 15) is 9.90 Å². The van der Waals surface area contributed by atoms with Crippen LogP contribution in [-0.4, -0.2) is 24.4 Å². The third-order valence-corrected chi connectivity index (χ3v) is 3.27. The SMILES string of the molecule is C=C[C@@H](C(=O)OC)[C@H](O)c1ccc(SC)cc1. The number of thioether (sulfide) groups is 1. The van der Waals surface area contributed by atoms with E-state index in [4.69, 9.17) is 0 Å². The molecule has 0 bridgehead atoms. The highest BCUT2D eigenvalue weighted by Crippen LogP contribution is 2.25. The fourth-order valence-corrected chi connectivity index (χ4v) is 1.91. The minimum Gasteiger partial charge on any atom is -0.468 e. The Labute approximate surface area is 105 Å². The second-order valence-corrected chi connectivity index (χ2v) is 4.38. The van der Waals surface area contributed by atoms with Gasteiger partial charge in [-0.25, -0.2) is 0 Å². The first-order chi connectivity index (χ1) is 8.13. The normalized spacial score (nSPS) is 13.8. The maximum atomic E-state index is 11.4. The van der Waals surface area contributed by atoms with Gasteiger partial charge in [0.15, 0.2) is 0 Å². The number of esters is 1. The van der Waals surface area contributed by atoms with E-state index in [0.29, 0.717) is 5.56 Å². The number of rotatable bonds is 5. The first kappa shape index (κ1) is 13.8. The monoisotopic (exact) mass is 252 g/mol. The van der Waals surface area contributed by atoms with Crippen LogP contribution in [0.4, 0.5) is 0 Å². The van der Waals surface area contributed by atoms with Crippen molar-refractivity contribution in [1.29, 1.82) is 0 Å². The minimum atomic E-state index is -0.921. The summed E-state index contributed by atoms with van der Waals surface area (Å²) in [7, 11) is 1.29. The van der Waals surface area contributed by atoms with Gasteiger partial charge in [-0.15, -0.1) is 18.3 Å². The molecule has 4 heteroatoms. The first-order valence-corrected chi connectivity index (χ1v) is 6.39. The van der Waals surface area contributed by atoms with Crippen LogP contribution < -0.4 is 0 Å². The highest BCUT2D eigenvalue weighted by atomic mass is 32.2. The maximum absolute atomic E-state index is 11.4. The maximum Gasteiger partial charge on any atom is 0.315 e. The highest BCUT2D eigenvalue weighted by Gasteiger charge is 2.25. The largest absolute Gasteiger partial charge is 0.468 e. The highest BCUT2D eigenvalue weighted by molar-refractivity contribution is 7.98. The smallest absolute Gasteiger partial charge is 0.315 e. The lowest BCUT2D eigenvalue weighted by Crippen LogP contribution is -2.21. The minimum absolute atomic E-state index is 0.485. The molecular weight excluding hydrogens is 236 g/mol. The number of hydrogen-bond donors (Lipinski definition) is 1. The van der Waals surface area contributed by atoms with Gasteiger partial charge in [0, 0.05) is 4.90 Å². The number of carbonyl (C=O) groups is 1. The molecule has 1 rings (SSSR count). The second kappa shape index (κ2) is 6.47. The summed E-state index contributed by atoms with van der Waals surface area (Å²) in [5, 5.41) is 10.1. The third-order valence-electron chi connectivity index (χ3n) is 2.52. The summed E-state index contributed by atoms with van der Waals surface area (Å²) in [4.78, 5) is 12.5. The zero-order valence-corrected chi connectivity index (χ0v) is 10.7. The van der Waals surface area contributed by atoms with E-state index < -0.39 is 18.0 Å². The van der Waals surface area contributed by atoms with Crippen molar-refractivity contribution in [3.8, 4) is 0 Å². The summed E-state index contributed by atoms with van der Waals surface area (Å²) in [6.45, 7) is 3.55. The van der Waals surface area contributed by atoms with Gasteiger partial charge in [0.2, 0.25) is 0 Å². The number of hydrogen-bond acceptors (Lipinski definition) is 4. The predicted octanol–water partition coefficient (Wildman–Crippen LogP) is 2.42. The molecule has 0 saturated carbocycles. The molecule has 17 heavy (non-hydrogen) atoms. The summed E-state index contributed by atoms with van der Waals surface area (Å²) in [6, 6.07) is 7.41. The fraction of sp³-hybridized carbons (Fsp3) is 0.308. The Balaban J connectivity index is 2.89. The van der Waals surface area contributed by atoms with Gasteiger partial charge >= 0.3 is 5.97 Å². The van der Waals surface area contributed by atoms with E-state index >= 15 is 0 Å². The van der Waals surface area contributed by atoms with Crippen LogP contribution in [0.2, 0.25) is 0 Å². The number of aliphatic hydroxyl groups is 1. The molecule has 0 fully saturated rings. The molecule has 0 radical (unpaired) electrons. The average Bonchev–Trinajstić information content (AvgIpc) is 2.39.